The van der Waals surface area contributed by atoms with Gasteiger partial charge in [-0.1, -0.05) is 0 Å². The van der Waals surface area contributed by atoms with E-state index in [0.717, 1.165) is 26.1 Å². The molecule has 0 atom stereocenters. The summed E-state index contributed by atoms with van der Waals surface area (Å²) in [4.78, 5) is 2.26. The number of nitrogens with zero attached hydrogens (tertiary/aromatic N) is 1. The molecule has 0 amide bonds. The second-order valence-corrected chi connectivity index (χ2v) is 4.32. The number of aliphatic hydroxyl groups is 1. The molecule has 0 rings (SSSR count). The minimum atomic E-state index is -0.530. The quantitative estimate of drug-likeness (QED) is 0.577. The van der Waals surface area contributed by atoms with Crippen molar-refractivity contribution >= 4 is 0 Å². The average Bonchev–Trinajstić information content (AvgIpc) is 2.00. The smallest absolute Gasteiger partial charge is 0.0603 e. The van der Waals surface area contributed by atoms with Crippen molar-refractivity contribution in [3.05, 3.63) is 0 Å². The van der Waals surface area contributed by atoms with Crippen molar-refractivity contribution < 1.29 is 5.11 Å². The summed E-state index contributed by atoms with van der Waals surface area (Å²) in [7, 11) is 4.07. The van der Waals surface area contributed by atoms with Gasteiger partial charge in [0.05, 0.1) is 5.60 Å². The lowest BCUT2D eigenvalue weighted by molar-refractivity contribution is 0.0606. The van der Waals surface area contributed by atoms with Gasteiger partial charge in [0.1, 0.15) is 0 Å². The van der Waals surface area contributed by atoms with Gasteiger partial charge in [-0.25, -0.2) is 0 Å². The van der Waals surface area contributed by atoms with Crippen LogP contribution in [0.2, 0.25) is 0 Å². The van der Waals surface area contributed by atoms with Crippen LogP contribution in [0.25, 0.3) is 0 Å². The van der Waals surface area contributed by atoms with E-state index in [9.17, 15) is 5.11 Å². The highest BCUT2D eigenvalue weighted by Crippen LogP contribution is 2.07. The predicted molar refractivity (Wildman–Crippen MR) is 57.0 cm³/mol. The van der Waals surface area contributed by atoms with Crippen molar-refractivity contribution in [2.75, 3.05) is 33.7 Å². The molecule has 0 radical (unpaired) electrons. The number of nitrogens with one attached hydrogen (secondary N) is 1. The van der Waals surface area contributed by atoms with E-state index in [1.807, 2.05) is 20.9 Å². The summed E-state index contributed by atoms with van der Waals surface area (Å²) in [5, 5.41) is 12.6. The van der Waals surface area contributed by atoms with E-state index >= 15 is 0 Å². The van der Waals surface area contributed by atoms with Gasteiger partial charge in [0.15, 0.2) is 0 Å². The first-order chi connectivity index (χ1) is 5.95. The van der Waals surface area contributed by atoms with E-state index in [2.05, 4.69) is 17.3 Å². The first-order valence-electron chi connectivity index (χ1n) is 5.01. The Morgan fingerprint density at radius 2 is 1.92 bits per heavy atom. The van der Waals surface area contributed by atoms with Crippen LogP contribution < -0.4 is 5.32 Å². The van der Waals surface area contributed by atoms with Crippen molar-refractivity contribution in [2.45, 2.75) is 32.3 Å². The highest BCUT2D eigenvalue weighted by atomic mass is 16.3. The molecular formula is C10H24N2O. The van der Waals surface area contributed by atoms with Crippen LogP contribution in [-0.4, -0.2) is 49.3 Å². The van der Waals surface area contributed by atoms with Gasteiger partial charge >= 0.3 is 0 Å². The molecule has 80 valence electrons. The topological polar surface area (TPSA) is 35.5 Å². The van der Waals surface area contributed by atoms with Crippen LogP contribution in [0.3, 0.4) is 0 Å². The first-order valence-corrected chi connectivity index (χ1v) is 5.01. The Labute approximate surface area is 82.1 Å². The standard InChI is InChI=1S/C10H24N2O/c1-10(2,13)6-9-12(4)8-5-7-11-3/h11,13H,5-9H2,1-4H3. The lowest BCUT2D eigenvalue weighted by atomic mass is 10.1. The zero-order valence-electron chi connectivity index (χ0n) is 9.43. The molecule has 0 aromatic rings. The molecule has 0 aromatic carbocycles. The lowest BCUT2D eigenvalue weighted by Crippen LogP contribution is -2.30. The largest absolute Gasteiger partial charge is 0.390 e. The van der Waals surface area contributed by atoms with Crippen LogP contribution in [0.4, 0.5) is 0 Å². The Kier molecular flexibility index (Phi) is 6.29. The first kappa shape index (κ1) is 12.9. The Balaban J connectivity index is 3.35. The normalized spacial score (nSPS) is 12.5. The molecule has 0 saturated carbocycles. The van der Waals surface area contributed by atoms with Crippen molar-refractivity contribution in [2.24, 2.45) is 0 Å². The van der Waals surface area contributed by atoms with E-state index in [1.165, 1.54) is 6.42 Å². The number of hydrogen-bond donors (Lipinski definition) is 2. The van der Waals surface area contributed by atoms with Crippen LogP contribution in [0.15, 0.2) is 0 Å². The maximum absolute atomic E-state index is 9.50. The van der Waals surface area contributed by atoms with E-state index < -0.39 is 5.60 Å². The van der Waals surface area contributed by atoms with Gasteiger partial charge in [-0.2, -0.15) is 0 Å². The summed E-state index contributed by atoms with van der Waals surface area (Å²) in [6.07, 6.45) is 2.00. The summed E-state index contributed by atoms with van der Waals surface area (Å²) in [6.45, 7) is 6.83. The predicted octanol–water partition coefficient (Wildman–Crippen LogP) is 0.689. The molecular weight excluding hydrogens is 164 g/mol. The Hall–Kier alpha value is -0.120. The molecule has 0 unspecified atom stereocenters. The third kappa shape index (κ3) is 9.80. The average molecular weight is 188 g/mol. The van der Waals surface area contributed by atoms with Crippen LogP contribution in [-0.2, 0) is 0 Å². The molecule has 0 fully saturated rings. The molecule has 3 nitrogen and oxygen atoms in total. The van der Waals surface area contributed by atoms with Crippen LogP contribution in [0.1, 0.15) is 26.7 Å². The molecule has 0 spiro atoms. The van der Waals surface area contributed by atoms with Crippen LogP contribution >= 0.6 is 0 Å². The molecule has 0 aliphatic carbocycles. The fraction of sp³-hybridized carbons (Fsp3) is 1.00. The fourth-order valence-corrected chi connectivity index (χ4v) is 1.10. The van der Waals surface area contributed by atoms with Crippen molar-refractivity contribution in [1.82, 2.24) is 10.2 Å². The second-order valence-electron chi connectivity index (χ2n) is 4.32. The van der Waals surface area contributed by atoms with Gasteiger partial charge in [0.25, 0.3) is 0 Å². The van der Waals surface area contributed by atoms with Gasteiger partial charge in [-0.3, -0.25) is 0 Å². The Bertz CT molecular complexity index is 121. The fourth-order valence-electron chi connectivity index (χ4n) is 1.10. The summed E-state index contributed by atoms with van der Waals surface area (Å²) in [6, 6.07) is 0. The number of hydrogen-bond acceptors (Lipinski definition) is 3. The Morgan fingerprint density at radius 1 is 1.31 bits per heavy atom. The van der Waals surface area contributed by atoms with Gasteiger partial charge in [-0.15, -0.1) is 0 Å². The van der Waals surface area contributed by atoms with E-state index in [0.29, 0.717) is 0 Å². The van der Waals surface area contributed by atoms with Crippen LogP contribution in [0, 0.1) is 0 Å². The third-order valence-corrected chi connectivity index (χ3v) is 2.07. The highest BCUT2D eigenvalue weighted by molar-refractivity contribution is 4.67. The van der Waals surface area contributed by atoms with Gasteiger partial charge in [0.2, 0.25) is 0 Å². The molecule has 2 N–H and O–H groups in total. The minimum absolute atomic E-state index is 0.530. The SMILES string of the molecule is CNCCCN(C)CCC(C)(C)O. The molecule has 13 heavy (non-hydrogen) atoms. The van der Waals surface area contributed by atoms with Gasteiger partial charge in [-0.05, 0) is 53.9 Å². The summed E-state index contributed by atoms with van der Waals surface area (Å²) < 4.78 is 0. The molecule has 0 aliphatic heterocycles. The van der Waals surface area contributed by atoms with Gasteiger partial charge in [0, 0.05) is 6.54 Å². The monoisotopic (exact) mass is 188 g/mol. The highest BCUT2D eigenvalue weighted by Gasteiger charge is 2.12. The summed E-state index contributed by atoms with van der Waals surface area (Å²) >= 11 is 0. The summed E-state index contributed by atoms with van der Waals surface area (Å²) in [5.41, 5.74) is -0.530. The Morgan fingerprint density at radius 3 is 2.38 bits per heavy atom. The molecule has 0 saturated heterocycles. The molecule has 0 aliphatic rings. The maximum atomic E-state index is 9.50. The molecule has 0 bridgehead atoms. The van der Waals surface area contributed by atoms with E-state index in [4.69, 9.17) is 0 Å². The molecule has 0 aromatic heterocycles. The number of rotatable bonds is 7. The third-order valence-electron chi connectivity index (χ3n) is 2.07. The van der Waals surface area contributed by atoms with E-state index in [-0.39, 0.29) is 0 Å². The lowest BCUT2D eigenvalue weighted by Gasteiger charge is -2.22. The minimum Gasteiger partial charge on any atom is -0.390 e. The zero-order chi connectivity index (χ0) is 10.3. The van der Waals surface area contributed by atoms with E-state index in [1.54, 1.807) is 0 Å². The maximum Gasteiger partial charge on any atom is 0.0603 e. The zero-order valence-corrected chi connectivity index (χ0v) is 9.43. The second kappa shape index (κ2) is 6.35. The van der Waals surface area contributed by atoms with Crippen LogP contribution in [0.5, 0.6) is 0 Å². The molecule has 0 heterocycles. The van der Waals surface area contributed by atoms with Crippen molar-refractivity contribution in [1.29, 1.82) is 0 Å². The van der Waals surface area contributed by atoms with Gasteiger partial charge < -0.3 is 15.3 Å². The molecule has 3 heteroatoms. The van der Waals surface area contributed by atoms with Crippen molar-refractivity contribution in [3.63, 3.8) is 0 Å². The van der Waals surface area contributed by atoms with Crippen molar-refractivity contribution in [3.8, 4) is 0 Å². The summed E-state index contributed by atoms with van der Waals surface area (Å²) in [5.74, 6) is 0.